The van der Waals surface area contributed by atoms with E-state index < -0.39 is 11.6 Å². The number of nitrogens with two attached hydrogens (primary N) is 1. The van der Waals surface area contributed by atoms with Crippen molar-refractivity contribution in [3.63, 3.8) is 0 Å². The first-order chi connectivity index (χ1) is 6.88. The molecule has 0 aliphatic heterocycles. The van der Waals surface area contributed by atoms with Crippen molar-refractivity contribution in [3.05, 3.63) is 33.8 Å². The minimum absolute atomic E-state index is 0.262. The van der Waals surface area contributed by atoms with Gasteiger partial charge in [-0.15, -0.1) is 0 Å². The van der Waals surface area contributed by atoms with Gasteiger partial charge in [-0.3, -0.25) is 0 Å². The van der Waals surface area contributed by atoms with Crippen LogP contribution in [0.15, 0.2) is 16.6 Å². The summed E-state index contributed by atoms with van der Waals surface area (Å²) in [4.78, 5) is 0. The Balaban J connectivity index is 3.19. The van der Waals surface area contributed by atoms with Gasteiger partial charge in [0.15, 0.2) is 11.6 Å². The van der Waals surface area contributed by atoms with Crippen molar-refractivity contribution < 1.29 is 8.78 Å². The zero-order valence-corrected chi connectivity index (χ0v) is 10.4. The molecule has 1 aromatic rings. The monoisotopic (exact) mass is 277 g/mol. The molecule has 4 heteroatoms. The zero-order valence-electron chi connectivity index (χ0n) is 8.78. The molecule has 0 saturated heterocycles. The summed E-state index contributed by atoms with van der Waals surface area (Å²) in [5.41, 5.74) is 5.97. The number of halogens is 3. The third-order valence-corrected chi connectivity index (χ3v) is 3.16. The van der Waals surface area contributed by atoms with E-state index in [1.54, 1.807) is 0 Å². The van der Waals surface area contributed by atoms with Crippen molar-refractivity contribution in [2.24, 2.45) is 5.73 Å². The molecule has 2 N–H and O–H groups in total. The highest BCUT2D eigenvalue weighted by Gasteiger charge is 2.24. The molecule has 0 radical (unpaired) electrons. The second kappa shape index (κ2) is 4.58. The third-order valence-electron chi connectivity index (χ3n) is 2.51. The van der Waals surface area contributed by atoms with Gasteiger partial charge in [-0.05, 0) is 36.1 Å². The standard InChI is InChI=1S/C11H14BrF2N/c1-11(2,3-4-15)7-5-9(13)10(14)6-8(7)12/h5-6H,3-4,15H2,1-2H3. The molecule has 84 valence electrons. The predicted molar refractivity (Wildman–Crippen MR) is 60.8 cm³/mol. The van der Waals surface area contributed by atoms with Crippen LogP contribution in [0.25, 0.3) is 0 Å². The maximum atomic E-state index is 13.1. The second-order valence-corrected chi connectivity index (χ2v) is 5.02. The molecule has 0 saturated carbocycles. The molecule has 1 nitrogen and oxygen atoms in total. The van der Waals surface area contributed by atoms with E-state index in [0.717, 1.165) is 18.1 Å². The van der Waals surface area contributed by atoms with Crippen LogP contribution < -0.4 is 5.73 Å². The van der Waals surface area contributed by atoms with Crippen molar-refractivity contribution in [1.82, 2.24) is 0 Å². The van der Waals surface area contributed by atoms with Crippen LogP contribution in [0.5, 0.6) is 0 Å². The predicted octanol–water partition coefficient (Wildman–Crippen LogP) is 3.35. The lowest BCUT2D eigenvalue weighted by molar-refractivity contribution is 0.467. The van der Waals surface area contributed by atoms with Gasteiger partial charge in [0.05, 0.1) is 0 Å². The number of hydrogen-bond acceptors (Lipinski definition) is 1. The van der Waals surface area contributed by atoms with Gasteiger partial charge in [0.2, 0.25) is 0 Å². The summed E-state index contributed by atoms with van der Waals surface area (Å²) in [6.45, 7) is 4.42. The topological polar surface area (TPSA) is 26.0 Å². The van der Waals surface area contributed by atoms with Crippen LogP contribution in [-0.4, -0.2) is 6.54 Å². The molecule has 0 bridgehead atoms. The van der Waals surface area contributed by atoms with Crippen LogP contribution in [0, 0.1) is 11.6 Å². The second-order valence-electron chi connectivity index (χ2n) is 4.17. The first-order valence-electron chi connectivity index (χ1n) is 4.73. The molecule has 0 aromatic heterocycles. The number of rotatable bonds is 3. The van der Waals surface area contributed by atoms with Crippen molar-refractivity contribution in [1.29, 1.82) is 0 Å². The Hall–Kier alpha value is -0.480. The van der Waals surface area contributed by atoms with Gasteiger partial charge in [0.25, 0.3) is 0 Å². The maximum absolute atomic E-state index is 13.1. The molecule has 0 spiro atoms. The summed E-state index contributed by atoms with van der Waals surface area (Å²) in [7, 11) is 0. The van der Waals surface area contributed by atoms with Crippen molar-refractivity contribution in [2.75, 3.05) is 6.54 Å². The van der Waals surface area contributed by atoms with Gasteiger partial charge >= 0.3 is 0 Å². The summed E-state index contributed by atoms with van der Waals surface area (Å²) in [5.74, 6) is -1.66. The van der Waals surface area contributed by atoms with E-state index in [4.69, 9.17) is 5.73 Å². The normalized spacial score (nSPS) is 11.9. The Morgan fingerprint density at radius 2 is 1.80 bits per heavy atom. The van der Waals surface area contributed by atoms with Gasteiger partial charge < -0.3 is 5.73 Å². The summed E-state index contributed by atoms with van der Waals surface area (Å²) in [6.07, 6.45) is 0.719. The summed E-state index contributed by atoms with van der Waals surface area (Å²) in [6, 6.07) is 2.39. The van der Waals surface area contributed by atoms with Gasteiger partial charge in [-0.25, -0.2) is 8.78 Å². The van der Waals surface area contributed by atoms with Gasteiger partial charge in [-0.2, -0.15) is 0 Å². The van der Waals surface area contributed by atoms with E-state index in [-0.39, 0.29) is 5.41 Å². The molecular formula is C11H14BrF2N. The Bertz CT molecular complexity index is 364. The SMILES string of the molecule is CC(C)(CCN)c1cc(F)c(F)cc1Br. The van der Waals surface area contributed by atoms with Crippen molar-refractivity contribution in [3.8, 4) is 0 Å². The molecule has 0 amide bonds. The van der Waals surface area contributed by atoms with Crippen LogP contribution in [-0.2, 0) is 5.41 Å². The smallest absolute Gasteiger partial charge is 0.159 e. The highest BCUT2D eigenvalue weighted by molar-refractivity contribution is 9.10. The molecule has 1 aromatic carbocycles. The molecule has 1 rings (SSSR count). The lowest BCUT2D eigenvalue weighted by atomic mass is 9.81. The van der Waals surface area contributed by atoms with Crippen LogP contribution >= 0.6 is 15.9 Å². The Labute approximate surface area is 96.8 Å². The molecular weight excluding hydrogens is 264 g/mol. The summed E-state index contributed by atoms with van der Waals surface area (Å²) in [5, 5.41) is 0. The fourth-order valence-corrected chi connectivity index (χ4v) is 2.39. The molecule has 0 aliphatic rings. The van der Waals surface area contributed by atoms with Crippen molar-refractivity contribution in [2.45, 2.75) is 25.7 Å². The quantitative estimate of drug-likeness (QED) is 0.843. The van der Waals surface area contributed by atoms with E-state index in [2.05, 4.69) is 15.9 Å². The van der Waals surface area contributed by atoms with E-state index >= 15 is 0 Å². The molecule has 0 heterocycles. The molecule has 0 fully saturated rings. The minimum atomic E-state index is -0.839. The summed E-state index contributed by atoms with van der Waals surface area (Å²) >= 11 is 3.24. The lowest BCUT2D eigenvalue weighted by Gasteiger charge is -2.26. The van der Waals surface area contributed by atoms with E-state index in [1.165, 1.54) is 6.07 Å². The van der Waals surface area contributed by atoms with Gasteiger partial charge in [0.1, 0.15) is 0 Å². The molecule has 0 aliphatic carbocycles. The molecule has 0 atom stereocenters. The Morgan fingerprint density at radius 1 is 1.27 bits per heavy atom. The summed E-state index contributed by atoms with van der Waals surface area (Å²) < 4.78 is 26.6. The number of hydrogen-bond donors (Lipinski definition) is 1. The fraction of sp³-hybridized carbons (Fsp3) is 0.455. The zero-order chi connectivity index (χ0) is 11.6. The third kappa shape index (κ3) is 2.75. The fourth-order valence-electron chi connectivity index (χ4n) is 1.54. The van der Waals surface area contributed by atoms with Crippen LogP contribution in [0.2, 0.25) is 0 Å². The first kappa shape index (κ1) is 12.6. The molecule has 0 unspecified atom stereocenters. The van der Waals surface area contributed by atoms with Crippen LogP contribution in [0.3, 0.4) is 0 Å². The van der Waals surface area contributed by atoms with Crippen LogP contribution in [0.1, 0.15) is 25.8 Å². The largest absolute Gasteiger partial charge is 0.330 e. The lowest BCUT2D eigenvalue weighted by Crippen LogP contribution is -2.22. The molecule has 15 heavy (non-hydrogen) atoms. The maximum Gasteiger partial charge on any atom is 0.159 e. The van der Waals surface area contributed by atoms with Gasteiger partial charge in [-0.1, -0.05) is 29.8 Å². The van der Waals surface area contributed by atoms with E-state index in [1.807, 2.05) is 13.8 Å². The van der Waals surface area contributed by atoms with E-state index in [9.17, 15) is 8.78 Å². The average molecular weight is 278 g/mol. The van der Waals surface area contributed by atoms with Gasteiger partial charge in [0, 0.05) is 4.47 Å². The van der Waals surface area contributed by atoms with Crippen molar-refractivity contribution >= 4 is 15.9 Å². The van der Waals surface area contributed by atoms with Crippen LogP contribution in [0.4, 0.5) is 8.78 Å². The highest BCUT2D eigenvalue weighted by Crippen LogP contribution is 2.33. The minimum Gasteiger partial charge on any atom is -0.330 e. The van der Waals surface area contributed by atoms with E-state index in [0.29, 0.717) is 11.0 Å². The average Bonchev–Trinajstić information content (AvgIpc) is 2.11. The highest BCUT2D eigenvalue weighted by atomic mass is 79.9. The number of benzene rings is 1. The Morgan fingerprint density at radius 3 is 2.33 bits per heavy atom. The Kier molecular flexibility index (Phi) is 3.84. The first-order valence-corrected chi connectivity index (χ1v) is 5.53.